The SMILES string of the molecule is CCc1c(-c2ccc(Br)cc2)c(C(N)=O)c(C)n1CCC(C)C. The van der Waals surface area contributed by atoms with Crippen LogP contribution in [0.3, 0.4) is 0 Å². The number of halogens is 1. The molecule has 1 heterocycles. The van der Waals surface area contributed by atoms with Gasteiger partial charge in [-0.05, 0) is 43.4 Å². The second kappa shape index (κ2) is 7.35. The van der Waals surface area contributed by atoms with Crippen LogP contribution in [0.15, 0.2) is 28.7 Å². The molecule has 3 nitrogen and oxygen atoms in total. The molecular weight excluding hydrogens is 352 g/mol. The van der Waals surface area contributed by atoms with Crippen LogP contribution in [-0.2, 0) is 13.0 Å². The van der Waals surface area contributed by atoms with Gasteiger partial charge in [0.25, 0.3) is 5.91 Å². The van der Waals surface area contributed by atoms with Gasteiger partial charge >= 0.3 is 0 Å². The smallest absolute Gasteiger partial charge is 0.251 e. The maximum absolute atomic E-state index is 12.1. The highest BCUT2D eigenvalue weighted by atomic mass is 79.9. The number of carbonyl (C=O) groups is 1. The van der Waals surface area contributed by atoms with Gasteiger partial charge in [0.2, 0.25) is 0 Å². The average Bonchev–Trinajstić information content (AvgIpc) is 2.78. The Labute approximate surface area is 147 Å². The molecule has 0 aliphatic rings. The fraction of sp³-hybridized carbons (Fsp3) is 0.421. The molecule has 0 bridgehead atoms. The average molecular weight is 377 g/mol. The van der Waals surface area contributed by atoms with E-state index in [1.807, 2.05) is 31.2 Å². The van der Waals surface area contributed by atoms with Gasteiger partial charge in [-0.1, -0.05) is 48.8 Å². The van der Waals surface area contributed by atoms with Crippen molar-refractivity contribution in [3.8, 4) is 11.1 Å². The number of nitrogens with zero attached hydrogens (tertiary/aromatic N) is 1. The number of rotatable bonds is 6. The lowest BCUT2D eigenvalue weighted by Crippen LogP contribution is -2.13. The zero-order valence-corrected chi connectivity index (χ0v) is 15.9. The van der Waals surface area contributed by atoms with E-state index in [9.17, 15) is 4.79 Å². The molecule has 0 saturated heterocycles. The van der Waals surface area contributed by atoms with E-state index in [-0.39, 0.29) is 5.91 Å². The van der Waals surface area contributed by atoms with Gasteiger partial charge in [0.15, 0.2) is 0 Å². The number of primary amides is 1. The standard InChI is InChI=1S/C19H25BrN2O/c1-5-16-18(14-6-8-15(20)9-7-14)17(19(21)23)13(4)22(16)11-10-12(2)3/h6-9,12H,5,10-11H2,1-4H3,(H2,21,23). The number of nitrogens with two attached hydrogens (primary N) is 1. The first-order valence-corrected chi connectivity index (χ1v) is 8.93. The van der Waals surface area contributed by atoms with Gasteiger partial charge in [-0.2, -0.15) is 0 Å². The van der Waals surface area contributed by atoms with Crippen molar-refractivity contribution in [1.29, 1.82) is 0 Å². The maximum atomic E-state index is 12.1. The maximum Gasteiger partial charge on any atom is 0.251 e. The lowest BCUT2D eigenvalue weighted by molar-refractivity contribution is 0.1000. The fourth-order valence-corrected chi connectivity index (χ4v) is 3.35. The minimum absolute atomic E-state index is 0.349. The van der Waals surface area contributed by atoms with Crippen LogP contribution < -0.4 is 5.73 Å². The Morgan fingerprint density at radius 1 is 1.26 bits per heavy atom. The third-order valence-corrected chi connectivity index (χ3v) is 4.80. The molecule has 2 N–H and O–H groups in total. The van der Waals surface area contributed by atoms with Crippen molar-refractivity contribution in [1.82, 2.24) is 4.57 Å². The molecule has 1 amide bonds. The molecule has 23 heavy (non-hydrogen) atoms. The van der Waals surface area contributed by atoms with Crippen LogP contribution >= 0.6 is 15.9 Å². The van der Waals surface area contributed by atoms with Gasteiger partial charge in [-0.15, -0.1) is 0 Å². The van der Waals surface area contributed by atoms with Crippen LogP contribution in [0.5, 0.6) is 0 Å². The van der Waals surface area contributed by atoms with E-state index >= 15 is 0 Å². The summed E-state index contributed by atoms with van der Waals surface area (Å²) in [6.45, 7) is 9.49. The lowest BCUT2D eigenvalue weighted by atomic mass is 9.99. The predicted octanol–water partition coefficient (Wildman–Crippen LogP) is 4.93. The van der Waals surface area contributed by atoms with Crippen molar-refractivity contribution in [2.45, 2.75) is 47.1 Å². The largest absolute Gasteiger partial charge is 0.366 e. The van der Waals surface area contributed by atoms with Crippen LogP contribution in [0.25, 0.3) is 11.1 Å². The summed E-state index contributed by atoms with van der Waals surface area (Å²) in [6.07, 6.45) is 1.96. The normalized spacial score (nSPS) is 11.2. The third kappa shape index (κ3) is 3.69. The number of amides is 1. The summed E-state index contributed by atoms with van der Waals surface area (Å²) in [4.78, 5) is 12.1. The first-order valence-electron chi connectivity index (χ1n) is 8.14. The molecule has 0 unspecified atom stereocenters. The van der Waals surface area contributed by atoms with E-state index in [1.165, 1.54) is 5.69 Å². The van der Waals surface area contributed by atoms with Gasteiger partial charge in [-0.25, -0.2) is 0 Å². The second-order valence-corrected chi connectivity index (χ2v) is 7.26. The van der Waals surface area contributed by atoms with Gasteiger partial charge in [-0.3, -0.25) is 4.79 Å². The first kappa shape index (κ1) is 17.8. The molecule has 4 heteroatoms. The van der Waals surface area contributed by atoms with E-state index in [0.29, 0.717) is 11.5 Å². The predicted molar refractivity (Wildman–Crippen MR) is 99.7 cm³/mol. The Bertz CT molecular complexity index is 699. The summed E-state index contributed by atoms with van der Waals surface area (Å²) in [5.41, 5.74) is 10.6. The molecular formula is C19H25BrN2O. The van der Waals surface area contributed by atoms with Crippen molar-refractivity contribution in [2.75, 3.05) is 0 Å². The minimum atomic E-state index is -0.349. The summed E-state index contributed by atoms with van der Waals surface area (Å²) in [5.74, 6) is 0.271. The molecule has 1 aromatic carbocycles. The number of aromatic nitrogens is 1. The van der Waals surface area contributed by atoms with Gasteiger partial charge < -0.3 is 10.3 Å². The van der Waals surface area contributed by atoms with Crippen molar-refractivity contribution >= 4 is 21.8 Å². The van der Waals surface area contributed by atoms with E-state index in [4.69, 9.17) is 5.73 Å². The summed E-state index contributed by atoms with van der Waals surface area (Å²) in [5, 5.41) is 0. The fourth-order valence-electron chi connectivity index (χ4n) is 3.08. The van der Waals surface area contributed by atoms with Crippen LogP contribution in [-0.4, -0.2) is 10.5 Å². The van der Waals surface area contributed by atoms with Crippen LogP contribution in [0.4, 0.5) is 0 Å². The second-order valence-electron chi connectivity index (χ2n) is 6.34. The van der Waals surface area contributed by atoms with E-state index in [1.54, 1.807) is 0 Å². The number of hydrogen-bond acceptors (Lipinski definition) is 1. The molecule has 0 saturated carbocycles. The Balaban J connectivity index is 2.65. The van der Waals surface area contributed by atoms with Crippen LogP contribution in [0, 0.1) is 12.8 Å². The Morgan fingerprint density at radius 2 is 1.87 bits per heavy atom. The summed E-state index contributed by atoms with van der Waals surface area (Å²) in [6, 6.07) is 8.08. The van der Waals surface area contributed by atoms with Crippen molar-refractivity contribution < 1.29 is 4.79 Å². The third-order valence-electron chi connectivity index (χ3n) is 4.28. The van der Waals surface area contributed by atoms with Crippen molar-refractivity contribution in [3.63, 3.8) is 0 Å². The van der Waals surface area contributed by atoms with Crippen LogP contribution in [0.2, 0.25) is 0 Å². The minimum Gasteiger partial charge on any atom is -0.366 e. The van der Waals surface area contributed by atoms with Crippen molar-refractivity contribution in [2.24, 2.45) is 11.7 Å². The molecule has 0 aliphatic carbocycles. The molecule has 124 valence electrons. The molecule has 0 aliphatic heterocycles. The van der Waals surface area contributed by atoms with E-state index < -0.39 is 0 Å². The molecule has 2 aromatic rings. The molecule has 0 fully saturated rings. The Kier molecular flexibility index (Phi) is 5.69. The van der Waals surface area contributed by atoms with Crippen LogP contribution in [0.1, 0.15) is 48.9 Å². The van der Waals surface area contributed by atoms with Crippen molar-refractivity contribution in [3.05, 3.63) is 45.7 Å². The number of hydrogen-bond donors (Lipinski definition) is 1. The Hall–Kier alpha value is -1.55. The number of carbonyl (C=O) groups excluding carboxylic acids is 1. The topological polar surface area (TPSA) is 48.0 Å². The summed E-state index contributed by atoms with van der Waals surface area (Å²) >= 11 is 3.46. The van der Waals surface area contributed by atoms with Gasteiger partial charge in [0.1, 0.15) is 0 Å². The Morgan fingerprint density at radius 3 is 2.35 bits per heavy atom. The molecule has 0 atom stereocenters. The van der Waals surface area contributed by atoms with Gasteiger partial charge in [0, 0.05) is 28.0 Å². The first-order chi connectivity index (χ1) is 10.9. The highest BCUT2D eigenvalue weighted by Gasteiger charge is 2.23. The van der Waals surface area contributed by atoms with E-state index in [0.717, 1.165) is 40.7 Å². The van der Waals surface area contributed by atoms with E-state index in [2.05, 4.69) is 41.3 Å². The molecule has 0 spiro atoms. The van der Waals surface area contributed by atoms with Gasteiger partial charge in [0.05, 0.1) is 5.56 Å². The monoisotopic (exact) mass is 376 g/mol. The molecule has 0 radical (unpaired) electrons. The summed E-state index contributed by atoms with van der Waals surface area (Å²) in [7, 11) is 0. The summed E-state index contributed by atoms with van der Waals surface area (Å²) < 4.78 is 3.30. The zero-order valence-electron chi connectivity index (χ0n) is 14.3. The molecule has 2 rings (SSSR count). The zero-order chi connectivity index (χ0) is 17.1. The number of benzene rings is 1. The quantitative estimate of drug-likeness (QED) is 0.762. The highest BCUT2D eigenvalue weighted by molar-refractivity contribution is 9.10. The lowest BCUT2D eigenvalue weighted by Gasteiger charge is -2.13. The molecule has 1 aromatic heterocycles. The highest BCUT2D eigenvalue weighted by Crippen LogP contribution is 2.34.